The van der Waals surface area contributed by atoms with Crippen molar-refractivity contribution in [1.82, 2.24) is 14.7 Å². The molecular formula is C21H28ClN3O4. The molecule has 1 N–H and O–H groups in total. The molecule has 0 spiro atoms. The minimum atomic E-state index is -1.07. The molecular weight excluding hydrogens is 394 g/mol. The number of carboxylic acid groups (broad SMARTS) is 1. The predicted molar refractivity (Wildman–Crippen MR) is 109 cm³/mol. The molecule has 8 heteroatoms. The number of likely N-dealkylation sites (tertiary alicyclic amines) is 1. The van der Waals surface area contributed by atoms with Crippen molar-refractivity contribution in [3.63, 3.8) is 0 Å². The fraction of sp³-hybridized carbons (Fsp3) is 0.619. The van der Waals surface area contributed by atoms with Crippen LogP contribution >= 0.6 is 11.6 Å². The molecule has 0 bridgehead atoms. The van der Waals surface area contributed by atoms with Crippen LogP contribution in [0.15, 0.2) is 24.3 Å². The van der Waals surface area contributed by atoms with Gasteiger partial charge in [-0.1, -0.05) is 18.0 Å². The molecule has 1 saturated carbocycles. The number of hydrogen-bond donors (Lipinski definition) is 1. The maximum absolute atomic E-state index is 13.2. The van der Waals surface area contributed by atoms with E-state index in [0.717, 1.165) is 19.5 Å². The van der Waals surface area contributed by atoms with Gasteiger partial charge in [0.1, 0.15) is 17.9 Å². The summed E-state index contributed by atoms with van der Waals surface area (Å²) in [6.07, 6.45) is 3.70. The minimum absolute atomic E-state index is 0.0925. The van der Waals surface area contributed by atoms with Crippen LogP contribution in [0.5, 0.6) is 5.75 Å². The van der Waals surface area contributed by atoms with Gasteiger partial charge in [-0.3, -0.25) is 14.6 Å². The number of hydrogen-bond acceptors (Lipinski definition) is 4. The molecule has 0 aromatic heterocycles. The molecule has 1 unspecified atom stereocenters. The fourth-order valence-electron chi connectivity index (χ4n) is 4.52. The van der Waals surface area contributed by atoms with Crippen molar-refractivity contribution >= 4 is 23.6 Å². The van der Waals surface area contributed by atoms with Crippen LogP contribution in [-0.4, -0.2) is 82.7 Å². The van der Waals surface area contributed by atoms with Crippen LogP contribution in [0.2, 0.25) is 5.02 Å². The smallest absolute Gasteiger partial charge is 0.408 e. The molecule has 2 atom stereocenters. The van der Waals surface area contributed by atoms with Crippen molar-refractivity contribution in [1.29, 1.82) is 0 Å². The topological polar surface area (TPSA) is 73.3 Å². The highest BCUT2D eigenvalue weighted by molar-refractivity contribution is 6.30. The Labute approximate surface area is 176 Å². The average molecular weight is 422 g/mol. The lowest BCUT2D eigenvalue weighted by Crippen LogP contribution is -2.49. The monoisotopic (exact) mass is 421 g/mol. The third-order valence-corrected chi connectivity index (χ3v) is 6.60. The van der Waals surface area contributed by atoms with E-state index < -0.39 is 12.1 Å². The lowest BCUT2D eigenvalue weighted by Gasteiger charge is -2.36. The number of nitrogens with zero attached hydrogens (tertiary/aromatic N) is 3. The van der Waals surface area contributed by atoms with Crippen LogP contribution in [0.4, 0.5) is 4.79 Å². The van der Waals surface area contributed by atoms with Crippen molar-refractivity contribution in [2.24, 2.45) is 0 Å². The first kappa shape index (κ1) is 20.3. The SMILES string of the molecule is O=C([C@@H]1CC(Oc2ccc(Cl)cc2)CN1C(=O)O)N1CCCN(C2CCC2)CC1. The maximum Gasteiger partial charge on any atom is 0.408 e. The molecule has 29 heavy (non-hydrogen) atoms. The van der Waals surface area contributed by atoms with Crippen LogP contribution in [-0.2, 0) is 4.79 Å². The standard InChI is InChI=1S/C21H28ClN3O4/c22-15-5-7-17(8-6-15)29-18-13-19(25(14-18)21(27)28)20(26)24-10-2-9-23(11-12-24)16-3-1-4-16/h5-8,16,18-19H,1-4,9-14H2,(H,27,28)/t18?,19-/m0/s1. The molecule has 4 rings (SSSR count). The van der Waals surface area contributed by atoms with E-state index in [4.69, 9.17) is 16.3 Å². The van der Waals surface area contributed by atoms with Gasteiger partial charge in [0.05, 0.1) is 6.54 Å². The second-order valence-electron chi connectivity index (χ2n) is 8.18. The number of carbonyl (C=O) groups is 2. The van der Waals surface area contributed by atoms with Crippen molar-refractivity contribution in [3.05, 3.63) is 29.3 Å². The Hall–Kier alpha value is -1.99. The zero-order valence-corrected chi connectivity index (χ0v) is 17.3. The van der Waals surface area contributed by atoms with E-state index in [0.29, 0.717) is 36.3 Å². The number of ether oxygens (including phenoxy) is 1. The number of rotatable bonds is 4. The van der Waals surface area contributed by atoms with E-state index in [1.54, 1.807) is 24.3 Å². The summed E-state index contributed by atoms with van der Waals surface area (Å²) in [5, 5.41) is 10.2. The van der Waals surface area contributed by atoms with Crippen LogP contribution in [0, 0.1) is 0 Å². The molecule has 1 aromatic rings. The molecule has 2 saturated heterocycles. The third-order valence-electron chi connectivity index (χ3n) is 6.34. The lowest BCUT2D eigenvalue weighted by atomic mass is 9.91. The maximum atomic E-state index is 13.2. The van der Waals surface area contributed by atoms with Crippen LogP contribution < -0.4 is 4.74 Å². The summed E-state index contributed by atoms with van der Waals surface area (Å²) in [6, 6.07) is 6.96. The Morgan fingerprint density at radius 1 is 1.03 bits per heavy atom. The summed E-state index contributed by atoms with van der Waals surface area (Å²) in [4.78, 5) is 30.5. The molecule has 2 amide bonds. The van der Waals surface area contributed by atoms with Crippen molar-refractivity contribution in [2.45, 2.75) is 50.3 Å². The van der Waals surface area contributed by atoms with E-state index >= 15 is 0 Å². The van der Waals surface area contributed by atoms with Gasteiger partial charge in [-0.25, -0.2) is 4.79 Å². The first-order valence-electron chi connectivity index (χ1n) is 10.5. The first-order chi connectivity index (χ1) is 14.0. The molecule has 1 aliphatic carbocycles. The third kappa shape index (κ3) is 4.61. The van der Waals surface area contributed by atoms with Gasteiger partial charge in [-0.15, -0.1) is 0 Å². The highest BCUT2D eigenvalue weighted by Crippen LogP contribution is 2.28. The Morgan fingerprint density at radius 3 is 2.45 bits per heavy atom. The van der Waals surface area contributed by atoms with Gasteiger partial charge in [0.15, 0.2) is 0 Å². The molecule has 2 aliphatic heterocycles. The van der Waals surface area contributed by atoms with Gasteiger partial charge in [0.25, 0.3) is 0 Å². The van der Waals surface area contributed by atoms with Gasteiger partial charge >= 0.3 is 6.09 Å². The van der Waals surface area contributed by atoms with E-state index in [-0.39, 0.29) is 18.6 Å². The highest BCUT2D eigenvalue weighted by atomic mass is 35.5. The second kappa shape index (κ2) is 8.79. The number of halogens is 1. The highest BCUT2D eigenvalue weighted by Gasteiger charge is 2.43. The Kier molecular flexibility index (Phi) is 6.15. The Balaban J connectivity index is 1.39. The summed E-state index contributed by atoms with van der Waals surface area (Å²) in [5.41, 5.74) is 0. The largest absolute Gasteiger partial charge is 0.488 e. The van der Waals surface area contributed by atoms with E-state index in [1.165, 1.54) is 24.2 Å². The zero-order chi connectivity index (χ0) is 20.4. The molecule has 2 heterocycles. The van der Waals surface area contributed by atoms with Gasteiger partial charge < -0.3 is 14.7 Å². The Morgan fingerprint density at radius 2 is 1.79 bits per heavy atom. The van der Waals surface area contributed by atoms with Crippen LogP contribution in [0.25, 0.3) is 0 Å². The summed E-state index contributed by atoms with van der Waals surface area (Å²) in [6.45, 7) is 3.44. The van der Waals surface area contributed by atoms with Gasteiger partial charge in [0, 0.05) is 43.7 Å². The fourth-order valence-corrected chi connectivity index (χ4v) is 4.65. The van der Waals surface area contributed by atoms with E-state index in [2.05, 4.69) is 4.90 Å². The number of benzene rings is 1. The zero-order valence-electron chi connectivity index (χ0n) is 16.5. The number of amides is 2. The predicted octanol–water partition coefficient (Wildman–Crippen LogP) is 2.93. The van der Waals surface area contributed by atoms with Crippen LogP contribution in [0.1, 0.15) is 32.1 Å². The molecule has 0 radical (unpaired) electrons. The van der Waals surface area contributed by atoms with Crippen molar-refractivity contribution < 1.29 is 19.4 Å². The summed E-state index contributed by atoms with van der Waals surface area (Å²) >= 11 is 5.90. The summed E-state index contributed by atoms with van der Waals surface area (Å²) in [7, 11) is 0. The van der Waals surface area contributed by atoms with Crippen LogP contribution in [0.3, 0.4) is 0 Å². The van der Waals surface area contributed by atoms with Gasteiger partial charge in [-0.05, 0) is 43.5 Å². The van der Waals surface area contributed by atoms with E-state index in [9.17, 15) is 14.7 Å². The van der Waals surface area contributed by atoms with Gasteiger partial charge in [0.2, 0.25) is 5.91 Å². The molecule has 7 nitrogen and oxygen atoms in total. The van der Waals surface area contributed by atoms with Crippen molar-refractivity contribution in [3.8, 4) is 5.75 Å². The minimum Gasteiger partial charge on any atom is -0.488 e. The quantitative estimate of drug-likeness (QED) is 0.809. The van der Waals surface area contributed by atoms with E-state index in [1.807, 2.05) is 4.90 Å². The first-order valence-corrected chi connectivity index (χ1v) is 10.8. The molecule has 3 aliphatic rings. The molecule has 158 valence electrons. The normalized spacial score (nSPS) is 26.1. The van der Waals surface area contributed by atoms with Gasteiger partial charge in [-0.2, -0.15) is 0 Å². The Bertz CT molecular complexity index is 740. The summed E-state index contributed by atoms with van der Waals surface area (Å²) < 4.78 is 5.93. The summed E-state index contributed by atoms with van der Waals surface area (Å²) in [5.74, 6) is 0.536. The molecule has 1 aromatic carbocycles. The average Bonchev–Trinajstić information content (AvgIpc) is 2.93. The second-order valence-corrected chi connectivity index (χ2v) is 8.62. The lowest BCUT2D eigenvalue weighted by molar-refractivity contribution is -0.135. The van der Waals surface area contributed by atoms with Crippen molar-refractivity contribution in [2.75, 3.05) is 32.7 Å². The number of carbonyl (C=O) groups excluding carboxylic acids is 1. The molecule has 3 fully saturated rings.